The van der Waals surface area contributed by atoms with Gasteiger partial charge in [-0.15, -0.1) is 5.10 Å². The minimum absolute atomic E-state index is 0.00581. The molecule has 1 aromatic heterocycles. The number of hydrogen-bond donors (Lipinski definition) is 2. The first kappa shape index (κ1) is 20.2. The third kappa shape index (κ3) is 5.68. The summed E-state index contributed by atoms with van der Waals surface area (Å²) in [6.45, 7) is 7.51. The van der Waals surface area contributed by atoms with E-state index in [1.165, 1.54) is 4.68 Å². The number of carbonyl (C=O) groups is 1. The van der Waals surface area contributed by atoms with Crippen molar-refractivity contribution in [2.75, 3.05) is 0 Å². The summed E-state index contributed by atoms with van der Waals surface area (Å²) >= 11 is 0. The number of amides is 1. The average molecular weight is 350 g/mol. The Morgan fingerprint density at radius 2 is 1.88 bits per heavy atom. The number of carboxylic acid groups (broad SMARTS) is 1. The van der Waals surface area contributed by atoms with E-state index in [1.54, 1.807) is 20.8 Å². The molecule has 0 saturated heterocycles. The fourth-order valence-corrected chi connectivity index (χ4v) is 2.33. The van der Waals surface area contributed by atoms with E-state index in [0.717, 1.165) is 19.3 Å². The first-order valence-electron chi connectivity index (χ1n) is 7.98. The SMILES string of the molecule is CCCCCCn1nc(C(F)(F)F)nc1C(NC(=O)O)C(C)(C)C. The number of nitrogens with one attached hydrogen (secondary N) is 1. The number of aromatic nitrogens is 3. The molecule has 1 rings (SSSR count). The summed E-state index contributed by atoms with van der Waals surface area (Å²) in [4.78, 5) is 14.7. The minimum atomic E-state index is -4.67. The topological polar surface area (TPSA) is 80.0 Å². The van der Waals surface area contributed by atoms with Crippen LogP contribution >= 0.6 is 0 Å². The van der Waals surface area contributed by atoms with Gasteiger partial charge in [0.05, 0.1) is 6.04 Å². The van der Waals surface area contributed by atoms with E-state index in [-0.39, 0.29) is 12.4 Å². The molecular formula is C15H25F3N4O2. The molecule has 24 heavy (non-hydrogen) atoms. The molecule has 9 heteroatoms. The molecule has 6 nitrogen and oxygen atoms in total. The number of aryl methyl sites for hydroxylation is 1. The van der Waals surface area contributed by atoms with Crippen molar-refractivity contribution >= 4 is 6.09 Å². The van der Waals surface area contributed by atoms with Crippen LogP contribution in [0.3, 0.4) is 0 Å². The van der Waals surface area contributed by atoms with Gasteiger partial charge in [-0.2, -0.15) is 13.2 Å². The van der Waals surface area contributed by atoms with Gasteiger partial charge in [0.1, 0.15) is 0 Å². The lowest BCUT2D eigenvalue weighted by atomic mass is 9.86. The molecular weight excluding hydrogens is 325 g/mol. The van der Waals surface area contributed by atoms with Crippen LogP contribution in [0.1, 0.15) is 71.1 Å². The molecule has 0 aliphatic carbocycles. The zero-order valence-electron chi connectivity index (χ0n) is 14.4. The molecule has 1 aromatic rings. The van der Waals surface area contributed by atoms with Crippen molar-refractivity contribution in [1.82, 2.24) is 20.1 Å². The molecule has 0 saturated carbocycles. The molecule has 0 radical (unpaired) electrons. The molecule has 0 aromatic carbocycles. The second-order valence-electron chi connectivity index (χ2n) is 6.82. The van der Waals surface area contributed by atoms with Crippen LogP contribution in [-0.4, -0.2) is 26.0 Å². The molecule has 1 heterocycles. The monoisotopic (exact) mass is 350 g/mol. The summed E-state index contributed by atoms with van der Waals surface area (Å²) in [6, 6.07) is -0.898. The van der Waals surface area contributed by atoms with Crippen molar-refractivity contribution in [3.8, 4) is 0 Å². The Morgan fingerprint density at radius 1 is 1.25 bits per heavy atom. The van der Waals surface area contributed by atoms with Crippen LogP contribution in [-0.2, 0) is 12.7 Å². The second-order valence-corrected chi connectivity index (χ2v) is 6.82. The van der Waals surface area contributed by atoms with E-state index in [4.69, 9.17) is 5.11 Å². The molecule has 1 atom stereocenters. The van der Waals surface area contributed by atoms with E-state index in [9.17, 15) is 18.0 Å². The number of halogens is 3. The highest BCUT2D eigenvalue weighted by Crippen LogP contribution is 2.34. The van der Waals surface area contributed by atoms with Crippen LogP contribution in [0.5, 0.6) is 0 Å². The lowest BCUT2D eigenvalue weighted by Crippen LogP contribution is -2.37. The highest BCUT2D eigenvalue weighted by molar-refractivity contribution is 5.65. The Balaban J connectivity index is 3.19. The fraction of sp³-hybridized carbons (Fsp3) is 0.800. The Kier molecular flexibility index (Phi) is 6.62. The molecule has 0 bridgehead atoms. The molecule has 138 valence electrons. The van der Waals surface area contributed by atoms with Crippen LogP contribution in [0.25, 0.3) is 0 Å². The van der Waals surface area contributed by atoms with Crippen molar-refractivity contribution in [3.63, 3.8) is 0 Å². The Bertz CT molecular complexity index is 550. The number of alkyl halides is 3. The summed E-state index contributed by atoms with van der Waals surface area (Å²) < 4.78 is 40.1. The van der Waals surface area contributed by atoms with Gasteiger partial charge in [0.15, 0.2) is 5.82 Å². The van der Waals surface area contributed by atoms with Crippen LogP contribution in [0, 0.1) is 5.41 Å². The van der Waals surface area contributed by atoms with Gasteiger partial charge in [-0.3, -0.25) is 0 Å². The van der Waals surface area contributed by atoms with Crippen LogP contribution in [0.4, 0.5) is 18.0 Å². The van der Waals surface area contributed by atoms with E-state index < -0.39 is 29.6 Å². The summed E-state index contributed by atoms with van der Waals surface area (Å²) in [7, 11) is 0. The summed E-state index contributed by atoms with van der Waals surface area (Å²) in [5.74, 6) is -1.25. The third-order valence-corrected chi connectivity index (χ3v) is 3.57. The van der Waals surface area contributed by atoms with Gasteiger partial charge < -0.3 is 10.4 Å². The lowest BCUT2D eigenvalue weighted by molar-refractivity contribution is -0.145. The quantitative estimate of drug-likeness (QED) is 0.721. The fourth-order valence-electron chi connectivity index (χ4n) is 2.33. The van der Waals surface area contributed by atoms with E-state index in [0.29, 0.717) is 6.42 Å². The van der Waals surface area contributed by atoms with Crippen molar-refractivity contribution in [2.45, 2.75) is 72.1 Å². The maximum Gasteiger partial charge on any atom is 0.453 e. The number of unbranched alkanes of at least 4 members (excludes halogenated alkanes) is 3. The molecule has 0 spiro atoms. The van der Waals surface area contributed by atoms with E-state index in [1.807, 2.05) is 6.92 Å². The summed E-state index contributed by atoms with van der Waals surface area (Å²) in [6.07, 6.45) is -2.48. The highest BCUT2D eigenvalue weighted by Gasteiger charge is 2.40. The molecule has 1 amide bonds. The molecule has 0 aliphatic heterocycles. The van der Waals surface area contributed by atoms with Gasteiger partial charge in [0.25, 0.3) is 5.82 Å². The van der Waals surface area contributed by atoms with Crippen molar-refractivity contribution in [2.24, 2.45) is 5.41 Å². The number of hydrogen-bond acceptors (Lipinski definition) is 3. The van der Waals surface area contributed by atoms with E-state index >= 15 is 0 Å². The molecule has 0 fully saturated rings. The van der Waals surface area contributed by atoms with Crippen molar-refractivity contribution in [3.05, 3.63) is 11.6 Å². The van der Waals surface area contributed by atoms with Gasteiger partial charge in [-0.05, 0) is 11.8 Å². The molecule has 1 unspecified atom stereocenters. The first-order chi connectivity index (χ1) is 11.0. The third-order valence-electron chi connectivity index (χ3n) is 3.57. The van der Waals surface area contributed by atoms with Gasteiger partial charge in [0.2, 0.25) is 0 Å². The Morgan fingerprint density at radius 3 is 2.33 bits per heavy atom. The maximum atomic E-state index is 13.0. The van der Waals surface area contributed by atoms with Crippen LogP contribution in [0.2, 0.25) is 0 Å². The zero-order valence-corrected chi connectivity index (χ0v) is 14.4. The van der Waals surface area contributed by atoms with Crippen molar-refractivity contribution < 1.29 is 23.1 Å². The van der Waals surface area contributed by atoms with Crippen molar-refractivity contribution in [1.29, 1.82) is 0 Å². The highest BCUT2D eigenvalue weighted by atomic mass is 19.4. The predicted molar refractivity (Wildman–Crippen MR) is 82.5 cm³/mol. The second kappa shape index (κ2) is 7.85. The predicted octanol–water partition coefficient (Wildman–Crippen LogP) is 4.23. The van der Waals surface area contributed by atoms with Gasteiger partial charge in [0, 0.05) is 6.54 Å². The smallest absolute Gasteiger partial charge is 0.453 e. The van der Waals surface area contributed by atoms with Crippen LogP contribution in [0.15, 0.2) is 0 Å². The summed E-state index contributed by atoms with van der Waals surface area (Å²) in [5, 5.41) is 14.9. The minimum Gasteiger partial charge on any atom is -0.465 e. The molecule has 2 N–H and O–H groups in total. The first-order valence-corrected chi connectivity index (χ1v) is 7.98. The largest absolute Gasteiger partial charge is 0.465 e. The van der Waals surface area contributed by atoms with Crippen LogP contribution < -0.4 is 5.32 Å². The Labute approximate surface area is 139 Å². The number of nitrogens with zero attached hydrogens (tertiary/aromatic N) is 3. The normalized spacial score (nSPS) is 13.8. The van der Waals surface area contributed by atoms with Gasteiger partial charge in [-0.25, -0.2) is 14.5 Å². The Hall–Kier alpha value is -1.80. The summed E-state index contributed by atoms with van der Waals surface area (Å²) in [5.41, 5.74) is -0.657. The van der Waals surface area contributed by atoms with Gasteiger partial charge in [-0.1, -0.05) is 47.0 Å². The lowest BCUT2D eigenvalue weighted by Gasteiger charge is -2.29. The molecule has 0 aliphatic rings. The average Bonchev–Trinajstić information content (AvgIpc) is 2.83. The standard InChI is InChI=1S/C15H25F3N4O2/c1-5-6-7-8-9-22-11(20-12(21-22)15(16,17)18)10(14(2,3)4)19-13(23)24/h10,19H,5-9H2,1-4H3,(H,23,24). The maximum absolute atomic E-state index is 13.0. The van der Waals surface area contributed by atoms with Gasteiger partial charge >= 0.3 is 12.3 Å². The zero-order chi connectivity index (χ0) is 18.5. The number of rotatable bonds is 7. The van der Waals surface area contributed by atoms with E-state index in [2.05, 4.69) is 15.4 Å².